The summed E-state index contributed by atoms with van der Waals surface area (Å²) in [5.74, 6) is 0.268. The lowest BCUT2D eigenvalue weighted by Gasteiger charge is -2.12. The Balaban J connectivity index is 1.61. The maximum atomic E-state index is 5.72. The highest BCUT2D eigenvalue weighted by atomic mass is 16.6. The first-order valence-corrected chi connectivity index (χ1v) is 10.8. The fourth-order valence-electron chi connectivity index (χ4n) is 3.10. The van der Waals surface area contributed by atoms with Gasteiger partial charge in [0.1, 0.15) is 13.2 Å². The molecule has 2 atom stereocenters. The minimum Gasteiger partial charge on any atom is -0.396 e. The van der Waals surface area contributed by atoms with Gasteiger partial charge in [0, 0.05) is 25.2 Å². The minimum atomic E-state index is 0.0253. The lowest BCUT2D eigenvalue weighted by atomic mass is 9.97. The van der Waals surface area contributed by atoms with Crippen LogP contribution in [-0.2, 0) is 22.5 Å². The zero-order chi connectivity index (χ0) is 22.0. The highest BCUT2D eigenvalue weighted by molar-refractivity contribution is 5.64. The van der Waals surface area contributed by atoms with Crippen LogP contribution in [0.2, 0.25) is 0 Å². The average molecular weight is 426 g/mol. The molecule has 7 nitrogen and oxygen atoms in total. The lowest BCUT2D eigenvalue weighted by Crippen LogP contribution is -2.36. The van der Waals surface area contributed by atoms with Gasteiger partial charge in [-0.3, -0.25) is 5.32 Å². The fourth-order valence-corrected chi connectivity index (χ4v) is 3.10. The van der Waals surface area contributed by atoms with Crippen molar-refractivity contribution >= 4 is 12.4 Å². The van der Waals surface area contributed by atoms with Crippen molar-refractivity contribution in [1.29, 1.82) is 0 Å². The molecule has 0 aromatic heterocycles. The standard InChI is InChI=1S/C24H35N5O2/c25-13-12-23(16-21-8-3-1-4-9-21)18-28-30-14-7-15-31-29-19-24(27-20-26)17-22-10-5-2-6-11-22/h1-6,8-11,18-19,23-24,27H,7,12-17,20,25-26H2/b28-18?,29-19-/t23-,24-/m0/s1. The molecule has 0 saturated heterocycles. The zero-order valence-corrected chi connectivity index (χ0v) is 18.1. The van der Waals surface area contributed by atoms with Gasteiger partial charge in [-0.25, -0.2) is 0 Å². The van der Waals surface area contributed by atoms with E-state index >= 15 is 0 Å². The molecular weight excluding hydrogens is 390 g/mol. The van der Waals surface area contributed by atoms with Crippen LogP contribution < -0.4 is 16.8 Å². The summed E-state index contributed by atoms with van der Waals surface area (Å²) in [4.78, 5) is 10.7. The largest absolute Gasteiger partial charge is 0.396 e. The van der Waals surface area contributed by atoms with E-state index < -0.39 is 0 Å². The summed E-state index contributed by atoms with van der Waals surface area (Å²) >= 11 is 0. The molecule has 168 valence electrons. The van der Waals surface area contributed by atoms with Gasteiger partial charge in [0.15, 0.2) is 0 Å². The highest BCUT2D eigenvalue weighted by Crippen LogP contribution is 2.10. The predicted molar refractivity (Wildman–Crippen MR) is 127 cm³/mol. The molecule has 0 radical (unpaired) electrons. The first-order chi connectivity index (χ1) is 15.3. The second-order valence-electron chi connectivity index (χ2n) is 7.26. The van der Waals surface area contributed by atoms with Crippen molar-refractivity contribution in [3.05, 3.63) is 71.8 Å². The van der Waals surface area contributed by atoms with Crippen LogP contribution in [-0.4, -0.2) is 44.9 Å². The highest BCUT2D eigenvalue weighted by Gasteiger charge is 2.07. The van der Waals surface area contributed by atoms with Crippen molar-refractivity contribution in [1.82, 2.24) is 5.32 Å². The molecule has 0 unspecified atom stereocenters. The van der Waals surface area contributed by atoms with Crippen LogP contribution in [0.5, 0.6) is 0 Å². The molecule has 7 heteroatoms. The molecule has 0 aliphatic heterocycles. The molecular formula is C24H35N5O2. The molecule has 0 spiro atoms. The molecule has 2 aromatic rings. The van der Waals surface area contributed by atoms with E-state index in [1.54, 1.807) is 6.21 Å². The van der Waals surface area contributed by atoms with Crippen molar-refractivity contribution < 1.29 is 9.68 Å². The number of nitrogens with one attached hydrogen (secondary N) is 1. The van der Waals surface area contributed by atoms with Crippen LogP contribution in [0.25, 0.3) is 0 Å². The lowest BCUT2D eigenvalue weighted by molar-refractivity contribution is 0.0902. The Morgan fingerprint density at radius 1 is 0.806 bits per heavy atom. The van der Waals surface area contributed by atoms with Gasteiger partial charge in [0.05, 0.1) is 12.3 Å². The van der Waals surface area contributed by atoms with E-state index in [0.717, 1.165) is 19.3 Å². The van der Waals surface area contributed by atoms with E-state index in [1.807, 2.05) is 42.6 Å². The third kappa shape index (κ3) is 11.3. The van der Waals surface area contributed by atoms with Gasteiger partial charge in [0.2, 0.25) is 0 Å². The number of hydrogen-bond acceptors (Lipinski definition) is 7. The third-order valence-corrected chi connectivity index (χ3v) is 4.69. The number of nitrogens with two attached hydrogens (primary N) is 2. The van der Waals surface area contributed by atoms with Gasteiger partial charge < -0.3 is 21.1 Å². The number of hydrogen-bond donors (Lipinski definition) is 3. The van der Waals surface area contributed by atoms with Gasteiger partial charge in [0.25, 0.3) is 0 Å². The van der Waals surface area contributed by atoms with Gasteiger partial charge in [-0.15, -0.1) is 0 Å². The monoisotopic (exact) mass is 425 g/mol. The van der Waals surface area contributed by atoms with E-state index in [0.29, 0.717) is 32.8 Å². The van der Waals surface area contributed by atoms with Crippen molar-refractivity contribution in [3.8, 4) is 0 Å². The smallest absolute Gasteiger partial charge is 0.120 e. The molecule has 0 aliphatic rings. The van der Waals surface area contributed by atoms with E-state index in [-0.39, 0.29) is 12.0 Å². The van der Waals surface area contributed by atoms with Crippen molar-refractivity contribution in [2.75, 3.05) is 26.4 Å². The number of benzene rings is 2. The Hall–Kier alpha value is -2.74. The molecule has 0 fully saturated rings. The van der Waals surface area contributed by atoms with Gasteiger partial charge in [-0.2, -0.15) is 0 Å². The van der Waals surface area contributed by atoms with E-state index in [9.17, 15) is 0 Å². The Morgan fingerprint density at radius 2 is 1.39 bits per heavy atom. The maximum absolute atomic E-state index is 5.72. The molecule has 31 heavy (non-hydrogen) atoms. The zero-order valence-electron chi connectivity index (χ0n) is 18.1. The van der Waals surface area contributed by atoms with Gasteiger partial charge >= 0.3 is 0 Å². The summed E-state index contributed by atoms with van der Waals surface area (Å²) in [7, 11) is 0. The summed E-state index contributed by atoms with van der Waals surface area (Å²) in [6.45, 7) is 1.94. The van der Waals surface area contributed by atoms with Crippen molar-refractivity contribution in [2.24, 2.45) is 27.7 Å². The second-order valence-corrected chi connectivity index (χ2v) is 7.26. The summed E-state index contributed by atoms with van der Waals surface area (Å²) in [6, 6.07) is 20.6. The van der Waals surface area contributed by atoms with Crippen molar-refractivity contribution in [2.45, 2.75) is 31.7 Å². The summed E-state index contributed by atoms with van der Waals surface area (Å²) < 4.78 is 0. The first-order valence-electron chi connectivity index (χ1n) is 10.8. The average Bonchev–Trinajstić information content (AvgIpc) is 2.79. The van der Waals surface area contributed by atoms with Crippen LogP contribution in [0.3, 0.4) is 0 Å². The van der Waals surface area contributed by atoms with Crippen LogP contribution in [0.1, 0.15) is 24.0 Å². The summed E-state index contributed by atoms with van der Waals surface area (Å²) in [5, 5.41) is 11.3. The fraction of sp³-hybridized carbons (Fsp3) is 0.417. The molecule has 2 rings (SSSR count). The van der Waals surface area contributed by atoms with Gasteiger partial charge in [-0.05, 0) is 36.9 Å². The van der Waals surface area contributed by atoms with Crippen LogP contribution in [0, 0.1) is 5.92 Å². The third-order valence-electron chi connectivity index (χ3n) is 4.69. The SMILES string of the molecule is NCC[C@H](C=NOCCCO/N=C\[C@H](Cc1ccccc1)NCN)Cc1ccccc1. The van der Waals surface area contributed by atoms with Crippen LogP contribution in [0.15, 0.2) is 71.0 Å². The molecule has 0 bridgehead atoms. The molecule has 0 heterocycles. The molecule has 0 saturated carbocycles. The normalized spacial score (nSPS) is 13.5. The summed E-state index contributed by atoms with van der Waals surface area (Å²) in [6.07, 6.45) is 6.88. The number of rotatable bonds is 16. The van der Waals surface area contributed by atoms with E-state index in [1.165, 1.54) is 11.1 Å². The Kier molecular flexibility index (Phi) is 12.7. The second kappa shape index (κ2) is 16.0. The molecule has 5 N–H and O–H groups in total. The van der Waals surface area contributed by atoms with Crippen LogP contribution >= 0.6 is 0 Å². The quantitative estimate of drug-likeness (QED) is 0.166. The van der Waals surface area contributed by atoms with Crippen molar-refractivity contribution in [3.63, 3.8) is 0 Å². The van der Waals surface area contributed by atoms with Gasteiger partial charge in [-0.1, -0.05) is 71.0 Å². The predicted octanol–water partition coefficient (Wildman–Crippen LogP) is 2.71. The van der Waals surface area contributed by atoms with Crippen LogP contribution in [0.4, 0.5) is 0 Å². The molecule has 0 amide bonds. The first kappa shape index (κ1) is 24.5. The number of nitrogens with zero attached hydrogens (tertiary/aromatic N) is 2. The molecule has 2 aromatic carbocycles. The Bertz CT molecular complexity index is 677. The molecule has 0 aliphatic carbocycles. The minimum absolute atomic E-state index is 0.0253. The summed E-state index contributed by atoms with van der Waals surface area (Å²) in [5.41, 5.74) is 13.8. The maximum Gasteiger partial charge on any atom is 0.120 e. The topological polar surface area (TPSA) is 107 Å². The Labute approximate surface area is 185 Å². The Morgan fingerprint density at radius 3 is 1.97 bits per heavy atom. The number of oxime groups is 2. The van der Waals surface area contributed by atoms with E-state index in [4.69, 9.17) is 21.1 Å². The van der Waals surface area contributed by atoms with E-state index in [2.05, 4.69) is 39.9 Å².